The van der Waals surface area contributed by atoms with E-state index in [1.54, 1.807) is 109 Å². The predicted octanol–water partition coefficient (Wildman–Crippen LogP) is 4.61. The van der Waals surface area contributed by atoms with Crippen molar-refractivity contribution >= 4 is 59.2 Å². The molecule has 12 atom stereocenters. The van der Waals surface area contributed by atoms with Crippen molar-refractivity contribution in [3.8, 4) is 0 Å². The van der Waals surface area contributed by atoms with Crippen LogP contribution in [0.2, 0.25) is 0 Å². The number of ether oxygens (including phenoxy) is 3. The smallest absolute Gasteiger partial charge is 0.410 e. The second-order valence-electron chi connectivity index (χ2n) is 22.9. The summed E-state index contributed by atoms with van der Waals surface area (Å²) in [6.07, 6.45) is -0.892. The molecule has 10 amide bonds. The molecule has 9 N–H and O–H groups in total. The minimum absolute atomic E-state index is 0.0813. The number of amides is 10. The van der Waals surface area contributed by atoms with Gasteiger partial charge in [-0.2, -0.15) is 0 Å². The highest BCUT2D eigenvalue weighted by molar-refractivity contribution is 5.98. The van der Waals surface area contributed by atoms with Gasteiger partial charge in [-0.25, -0.2) is 9.59 Å². The molecule has 464 valence electrons. The number of nitrogens with zero attached hydrogens (tertiary/aromatic N) is 3. The molecule has 0 spiro atoms. The van der Waals surface area contributed by atoms with Crippen molar-refractivity contribution in [1.29, 1.82) is 0 Å². The SMILES string of the molecule is CC[C@H](C)[C@@H]([C@@H](CC(=O)N1CCCC1[C@H](OC)[C@@H](C)C(=O)N[C@H](C)[C@@H](O)c1ccccc1)OC)N(C)C(=O)[C@@H](NC(=O)[C@H](C(C)C)N(C)C(=O)OCc1ccc(NC(=O)[C@H](CCCNC(N)=O)NC(=O)[C@@H](NC(C)=O)C(C)C)cc1)C(C)C. The Morgan fingerprint density at radius 3 is 1.92 bits per heavy atom. The van der Waals surface area contributed by atoms with E-state index < -0.39 is 120 Å². The van der Waals surface area contributed by atoms with Crippen LogP contribution in [0.25, 0.3) is 0 Å². The fraction of sp³-hybridized carbons (Fsp3) is 0.650. The highest BCUT2D eigenvalue weighted by Gasteiger charge is 2.44. The van der Waals surface area contributed by atoms with Gasteiger partial charge in [-0.15, -0.1) is 0 Å². The average molecular weight is 1170 g/mol. The van der Waals surface area contributed by atoms with Crippen molar-refractivity contribution in [1.82, 2.24) is 41.3 Å². The third-order valence-electron chi connectivity index (χ3n) is 15.6. The van der Waals surface area contributed by atoms with Crippen molar-refractivity contribution in [2.24, 2.45) is 35.3 Å². The maximum absolute atomic E-state index is 14.7. The van der Waals surface area contributed by atoms with E-state index in [-0.39, 0.29) is 49.6 Å². The first-order valence-electron chi connectivity index (χ1n) is 29.0. The Bertz CT molecular complexity index is 2450. The van der Waals surface area contributed by atoms with Gasteiger partial charge in [0.2, 0.25) is 41.4 Å². The third kappa shape index (κ3) is 20.8. The summed E-state index contributed by atoms with van der Waals surface area (Å²) >= 11 is 0. The van der Waals surface area contributed by atoms with Crippen LogP contribution < -0.4 is 37.6 Å². The number of hydrogen-bond donors (Lipinski definition) is 8. The zero-order valence-corrected chi connectivity index (χ0v) is 51.5. The Morgan fingerprint density at radius 1 is 0.747 bits per heavy atom. The number of nitrogens with one attached hydrogen (secondary N) is 6. The number of carbonyl (C=O) groups is 9. The first-order chi connectivity index (χ1) is 39.1. The van der Waals surface area contributed by atoms with E-state index in [0.717, 1.165) is 0 Å². The molecule has 0 aliphatic carbocycles. The topological polar surface area (TPSA) is 309 Å². The van der Waals surface area contributed by atoms with Gasteiger partial charge in [-0.1, -0.05) is 111 Å². The van der Waals surface area contributed by atoms with Gasteiger partial charge in [0.1, 0.15) is 30.8 Å². The molecule has 3 rings (SSSR count). The first kappa shape index (κ1) is 70.4. The largest absolute Gasteiger partial charge is 0.445 e. The Labute approximate surface area is 491 Å². The summed E-state index contributed by atoms with van der Waals surface area (Å²) in [5.74, 6) is -5.01. The van der Waals surface area contributed by atoms with Gasteiger partial charge in [0.25, 0.3) is 0 Å². The van der Waals surface area contributed by atoms with Gasteiger partial charge in [0.15, 0.2) is 0 Å². The predicted molar refractivity (Wildman–Crippen MR) is 315 cm³/mol. The van der Waals surface area contributed by atoms with Gasteiger partial charge in [-0.3, -0.25) is 38.5 Å². The highest BCUT2D eigenvalue weighted by atomic mass is 16.6. The third-order valence-corrected chi connectivity index (χ3v) is 15.6. The Kier molecular flexibility index (Phi) is 28.9. The van der Waals surface area contributed by atoms with Crippen LogP contribution in [0.3, 0.4) is 0 Å². The van der Waals surface area contributed by atoms with Crippen LogP contribution in [0.5, 0.6) is 0 Å². The second-order valence-corrected chi connectivity index (χ2v) is 22.9. The van der Waals surface area contributed by atoms with Crippen molar-refractivity contribution in [3.05, 3.63) is 65.7 Å². The van der Waals surface area contributed by atoms with E-state index >= 15 is 0 Å². The first-order valence-corrected chi connectivity index (χ1v) is 29.0. The number of likely N-dealkylation sites (N-methyl/N-ethyl adjacent to an activating group) is 2. The molecule has 0 bridgehead atoms. The Morgan fingerprint density at radius 2 is 1.37 bits per heavy atom. The van der Waals surface area contributed by atoms with Crippen LogP contribution in [0.15, 0.2) is 54.6 Å². The van der Waals surface area contributed by atoms with Crippen LogP contribution in [-0.2, 0) is 54.4 Å². The number of anilines is 1. The number of benzene rings is 2. The summed E-state index contributed by atoms with van der Waals surface area (Å²) in [5, 5.41) is 27.4. The maximum atomic E-state index is 14.7. The van der Waals surface area contributed by atoms with E-state index in [0.29, 0.717) is 49.0 Å². The van der Waals surface area contributed by atoms with E-state index in [4.69, 9.17) is 19.9 Å². The van der Waals surface area contributed by atoms with E-state index in [1.165, 1.54) is 33.1 Å². The zero-order chi connectivity index (χ0) is 62.4. The monoisotopic (exact) mass is 1160 g/mol. The van der Waals surface area contributed by atoms with Crippen LogP contribution in [0.1, 0.15) is 132 Å². The van der Waals surface area contributed by atoms with E-state index in [1.807, 2.05) is 32.0 Å². The summed E-state index contributed by atoms with van der Waals surface area (Å²) in [6, 6.07) is 9.08. The molecule has 23 nitrogen and oxygen atoms in total. The van der Waals surface area contributed by atoms with Gasteiger partial charge in [0.05, 0.1) is 48.8 Å². The van der Waals surface area contributed by atoms with Crippen molar-refractivity contribution in [2.45, 2.75) is 182 Å². The summed E-state index contributed by atoms with van der Waals surface area (Å²) in [4.78, 5) is 125. The number of primary amides is 1. The fourth-order valence-corrected chi connectivity index (χ4v) is 10.7. The molecule has 0 saturated carbocycles. The van der Waals surface area contributed by atoms with Crippen LogP contribution >= 0.6 is 0 Å². The Balaban J connectivity index is 1.71. The average Bonchev–Trinajstić information content (AvgIpc) is 4.01. The van der Waals surface area contributed by atoms with Crippen LogP contribution in [-0.4, -0.2) is 169 Å². The zero-order valence-electron chi connectivity index (χ0n) is 51.5. The lowest BCUT2D eigenvalue weighted by atomic mass is 9.89. The molecule has 1 heterocycles. The molecule has 1 unspecified atom stereocenters. The molecular formula is C60H96N10O13. The molecule has 2 aromatic rings. The number of methoxy groups -OCH3 is 2. The molecule has 0 radical (unpaired) electrons. The summed E-state index contributed by atoms with van der Waals surface area (Å²) in [6.45, 7) is 19.8. The minimum atomic E-state index is -1.06. The molecule has 83 heavy (non-hydrogen) atoms. The molecule has 0 aromatic heterocycles. The second kappa shape index (κ2) is 34.1. The van der Waals surface area contributed by atoms with Gasteiger partial charge in [-0.05, 0) is 79.5 Å². The molecule has 1 fully saturated rings. The lowest BCUT2D eigenvalue weighted by Crippen LogP contribution is -2.60. The van der Waals surface area contributed by atoms with Gasteiger partial charge >= 0.3 is 12.1 Å². The number of nitrogens with two attached hydrogens (primary N) is 1. The Hall–Kier alpha value is -6.85. The number of aliphatic hydroxyl groups is 1. The number of hydrogen-bond acceptors (Lipinski definition) is 13. The quantitative estimate of drug-likeness (QED) is 0.0465. The van der Waals surface area contributed by atoms with Crippen LogP contribution in [0, 0.1) is 29.6 Å². The van der Waals surface area contributed by atoms with E-state index in [9.17, 15) is 48.3 Å². The lowest BCUT2D eigenvalue weighted by Gasteiger charge is -2.41. The van der Waals surface area contributed by atoms with Crippen molar-refractivity contribution in [3.63, 3.8) is 0 Å². The van der Waals surface area contributed by atoms with Crippen molar-refractivity contribution in [2.75, 3.05) is 46.7 Å². The fourth-order valence-electron chi connectivity index (χ4n) is 10.7. The van der Waals surface area contributed by atoms with Crippen LogP contribution in [0.4, 0.5) is 15.3 Å². The standard InChI is InChI=1S/C60H96N10O13/c1-16-37(8)51(46(81-14)32-47(72)70-31-21-25-45(70)53(82-15)38(9)54(74)63-39(10)52(73)42-22-18-17-19-23-42)68(12)58(78)49(35(4)5)67-57(77)50(36(6)7)69(13)60(80)83-33-41-26-28-43(29-27-41)65-55(75)44(24-20-30-62-59(61)79)66-56(76)48(34(2)3)64-40(11)71/h17-19,22-23,26-29,34-39,44-46,48-53,73H,16,20-21,24-25,30-33H2,1-15H3,(H,63,74)(H,64,71)(H,65,75)(H,66,76)(H,67,77)(H3,61,62,79)/t37-,38+,39+,44-,45?,46+,48-,49-,50-,51-,52+,53+/m0/s1. The molecule has 23 heteroatoms. The highest BCUT2D eigenvalue weighted by Crippen LogP contribution is 2.30. The summed E-state index contributed by atoms with van der Waals surface area (Å²) < 4.78 is 17.7. The number of likely N-dealkylation sites (tertiary alicyclic amines) is 1. The molecule has 1 aliphatic rings. The van der Waals surface area contributed by atoms with E-state index in [2.05, 4.69) is 31.9 Å². The molecular weight excluding hydrogens is 1070 g/mol. The number of urea groups is 1. The molecule has 1 saturated heterocycles. The number of carbonyl (C=O) groups excluding carboxylic acids is 9. The molecule has 1 aliphatic heterocycles. The maximum Gasteiger partial charge on any atom is 0.410 e. The van der Waals surface area contributed by atoms with Crippen molar-refractivity contribution < 1.29 is 62.5 Å². The normalized spacial score (nSPS) is 17.3. The molecule has 2 aromatic carbocycles. The lowest BCUT2D eigenvalue weighted by molar-refractivity contribution is -0.148. The van der Waals surface area contributed by atoms with Gasteiger partial charge < -0.3 is 66.8 Å². The van der Waals surface area contributed by atoms with Gasteiger partial charge in [0, 0.05) is 54.0 Å². The number of rotatable bonds is 32. The summed E-state index contributed by atoms with van der Waals surface area (Å²) in [5.41, 5.74) is 6.77. The minimum Gasteiger partial charge on any atom is -0.445 e. The summed E-state index contributed by atoms with van der Waals surface area (Å²) in [7, 11) is 6.10. The number of aliphatic hydroxyl groups excluding tert-OH is 1.